The first-order valence-corrected chi connectivity index (χ1v) is 16.7. The molecule has 1 saturated carbocycles. The number of amides is 3. The molecule has 0 bridgehead atoms. The van der Waals surface area contributed by atoms with Crippen LogP contribution in [0, 0.1) is 5.92 Å². The van der Waals surface area contributed by atoms with Gasteiger partial charge in [0.1, 0.15) is 17.2 Å². The van der Waals surface area contributed by atoms with Crippen molar-refractivity contribution in [3.63, 3.8) is 0 Å². The summed E-state index contributed by atoms with van der Waals surface area (Å²) in [6.07, 6.45) is 7.19. The molecule has 10 heteroatoms. The first kappa shape index (κ1) is 31.6. The number of likely N-dealkylation sites (tertiary alicyclic amines) is 1. The van der Waals surface area contributed by atoms with Crippen molar-refractivity contribution in [2.24, 2.45) is 5.92 Å². The van der Waals surface area contributed by atoms with Crippen LogP contribution in [-0.2, 0) is 20.7 Å². The predicted octanol–water partition coefficient (Wildman–Crippen LogP) is 4.86. The van der Waals surface area contributed by atoms with Gasteiger partial charge in [-0.1, -0.05) is 54.8 Å². The van der Waals surface area contributed by atoms with E-state index in [1.54, 1.807) is 24.3 Å². The maximum atomic E-state index is 14.0. The highest BCUT2D eigenvalue weighted by molar-refractivity contribution is 6.31. The van der Waals surface area contributed by atoms with Gasteiger partial charge in [0.05, 0.1) is 0 Å². The Morgan fingerprint density at radius 1 is 0.956 bits per heavy atom. The van der Waals surface area contributed by atoms with E-state index < -0.39 is 17.5 Å². The monoisotopic (exact) mass is 634 g/mol. The van der Waals surface area contributed by atoms with Gasteiger partial charge in [0.25, 0.3) is 5.91 Å². The van der Waals surface area contributed by atoms with Gasteiger partial charge < -0.3 is 30.0 Å². The summed E-state index contributed by atoms with van der Waals surface area (Å²) >= 11 is 6.11. The molecule has 2 aromatic carbocycles. The zero-order valence-electron chi connectivity index (χ0n) is 25.7. The van der Waals surface area contributed by atoms with Crippen LogP contribution in [0.15, 0.2) is 59.0 Å². The van der Waals surface area contributed by atoms with Crippen LogP contribution in [0.4, 0.5) is 0 Å². The number of carbonyl (C=O) groups is 3. The lowest BCUT2D eigenvalue weighted by Crippen LogP contribution is -2.61. The normalized spacial score (nSPS) is 20.1. The number of rotatable bonds is 10. The Morgan fingerprint density at radius 2 is 1.69 bits per heavy atom. The molecule has 9 nitrogen and oxygen atoms in total. The zero-order chi connectivity index (χ0) is 31.2. The number of piperidine rings is 1. The molecule has 3 N–H and O–H groups in total. The Morgan fingerprint density at radius 3 is 2.42 bits per heavy atom. The van der Waals surface area contributed by atoms with Crippen molar-refractivity contribution in [2.75, 3.05) is 32.8 Å². The summed E-state index contributed by atoms with van der Waals surface area (Å²) in [4.78, 5) is 43.6. The second-order valence-electron chi connectivity index (χ2n) is 12.8. The van der Waals surface area contributed by atoms with Gasteiger partial charge in [-0.3, -0.25) is 14.4 Å². The molecule has 0 spiro atoms. The van der Waals surface area contributed by atoms with Gasteiger partial charge >= 0.3 is 0 Å². The van der Waals surface area contributed by atoms with Gasteiger partial charge in [0.15, 0.2) is 5.76 Å². The van der Waals surface area contributed by atoms with E-state index in [1.807, 2.05) is 30.3 Å². The number of ether oxygens (including phenoxy) is 1. The smallest absolute Gasteiger partial charge is 0.287 e. The summed E-state index contributed by atoms with van der Waals surface area (Å²) < 4.78 is 11.3. The molecule has 2 aliphatic heterocycles. The van der Waals surface area contributed by atoms with E-state index in [1.165, 1.54) is 0 Å². The Bertz CT molecular complexity index is 1470. The van der Waals surface area contributed by atoms with Crippen molar-refractivity contribution in [2.45, 2.75) is 75.4 Å². The molecule has 1 aliphatic carbocycles. The zero-order valence-corrected chi connectivity index (χ0v) is 26.5. The van der Waals surface area contributed by atoms with Crippen molar-refractivity contribution in [3.8, 4) is 0 Å². The fourth-order valence-electron chi connectivity index (χ4n) is 7.09. The molecule has 6 rings (SSSR count). The van der Waals surface area contributed by atoms with Gasteiger partial charge in [-0.2, -0.15) is 0 Å². The van der Waals surface area contributed by atoms with E-state index in [0.717, 1.165) is 70.4 Å². The van der Waals surface area contributed by atoms with Gasteiger partial charge in [-0.05, 0) is 87.4 Å². The third kappa shape index (κ3) is 7.71. The third-order valence-electron chi connectivity index (χ3n) is 9.77. The molecule has 0 unspecified atom stereocenters. The molecule has 240 valence electrons. The standard InChI is InChI=1S/C35H43ClN4O5/c36-27-8-9-30-26(21-27)22-31(45-30)33(42)39-35(14-4-5-15-35)34(43)38-29(20-24-6-2-1-3-7-24)32(41)37-23-25-10-16-40(17-11-25)28-12-18-44-19-13-28/h1-3,6-9,21-22,25,28-29H,4-5,10-20,23H2,(H,37,41)(H,38,43)(H,39,42)/t29-/m1/s1. The Labute approximate surface area is 269 Å². The lowest BCUT2D eigenvalue weighted by molar-refractivity contribution is -0.132. The van der Waals surface area contributed by atoms with E-state index in [-0.39, 0.29) is 17.6 Å². The maximum absolute atomic E-state index is 14.0. The highest BCUT2D eigenvalue weighted by Crippen LogP contribution is 2.32. The second kappa shape index (κ2) is 14.4. The van der Waals surface area contributed by atoms with E-state index in [0.29, 0.717) is 53.8 Å². The fourth-order valence-corrected chi connectivity index (χ4v) is 7.27. The molecule has 2 saturated heterocycles. The number of nitrogens with zero attached hydrogens (tertiary/aromatic N) is 1. The number of hydrogen-bond acceptors (Lipinski definition) is 6. The van der Waals surface area contributed by atoms with Crippen molar-refractivity contribution in [1.29, 1.82) is 0 Å². The van der Waals surface area contributed by atoms with Gasteiger partial charge in [0.2, 0.25) is 11.8 Å². The van der Waals surface area contributed by atoms with Crippen LogP contribution in [0.3, 0.4) is 0 Å². The summed E-state index contributed by atoms with van der Waals surface area (Å²) in [5.74, 6) is -0.485. The van der Waals surface area contributed by atoms with Crippen LogP contribution in [0.2, 0.25) is 5.02 Å². The number of benzene rings is 2. The Balaban J connectivity index is 1.10. The minimum atomic E-state index is -1.13. The summed E-state index contributed by atoms with van der Waals surface area (Å²) in [5.41, 5.74) is 0.372. The molecule has 3 aliphatic rings. The van der Waals surface area contributed by atoms with Crippen LogP contribution in [0.5, 0.6) is 0 Å². The van der Waals surface area contributed by atoms with Crippen LogP contribution < -0.4 is 16.0 Å². The molecule has 1 aromatic heterocycles. The van der Waals surface area contributed by atoms with E-state index in [4.69, 9.17) is 20.8 Å². The van der Waals surface area contributed by atoms with Crippen LogP contribution in [-0.4, -0.2) is 73.1 Å². The minimum absolute atomic E-state index is 0.118. The quantitative estimate of drug-likeness (QED) is 0.294. The average Bonchev–Trinajstić information content (AvgIpc) is 3.72. The summed E-state index contributed by atoms with van der Waals surface area (Å²) in [6, 6.07) is 16.3. The van der Waals surface area contributed by atoms with Gasteiger partial charge in [-0.15, -0.1) is 0 Å². The highest BCUT2D eigenvalue weighted by Gasteiger charge is 2.44. The number of fused-ring (bicyclic) bond motifs is 1. The molecule has 0 radical (unpaired) electrons. The first-order chi connectivity index (χ1) is 21.9. The number of hydrogen-bond donors (Lipinski definition) is 3. The van der Waals surface area contributed by atoms with Crippen molar-refractivity contribution in [1.82, 2.24) is 20.9 Å². The van der Waals surface area contributed by atoms with Crippen molar-refractivity contribution < 1.29 is 23.5 Å². The Kier molecular flexibility index (Phi) is 10.1. The largest absolute Gasteiger partial charge is 0.451 e. The molecule has 3 heterocycles. The lowest BCUT2D eigenvalue weighted by Gasteiger charge is -2.39. The fraction of sp³-hybridized carbons (Fsp3) is 0.514. The summed E-state index contributed by atoms with van der Waals surface area (Å²) in [7, 11) is 0. The number of furan rings is 1. The first-order valence-electron chi connectivity index (χ1n) is 16.3. The number of nitrogens with one attached hydrogen (secondary N) is 3. The highest BCUT2D eigenvalue weighted by atomic mass is 35.5. The van der Waals surface area contributed by atoms with Crippen LogP contribution in [0.25, 0.3) is 11.0 Å². The molecular formula is C35H43ClN4O5. The van der Waals surface area contributed by atoms with Crippen LogP contribution >= 0.6 is 11.6 Å². The predicted molar refractivity (Wildman–Crippen MR) is 173 cm³/mol. The molecule has 45 heavy (non-hydrogen) atoms. The number of halogens is 1. The van der Waals surface area contributed by atoms with Crippen molar-refractivity contribution in [3.05, 3.63) is 70.9 Å². The van der Waals surface area contributed by atoms with E-state index in [9.17, 15) is 14.4 Å². The van der Waals surface area contributed by atoms with E-state index in [2.05, 4.69) is 20.9 Å². The maximum Gasteiger partial charge on any atom is 0.287 e. The van der Waals surface area contributed by atoms with Gasteiger partial charge in [0, 0.05) is 42.6 Å². The molecule has 3 aromatic rings. The van der Waals surface area contributed by atoms with E-state index >= 15 is 0 Å². The average molecular weight is 635 g/mol. The minimum Gasteiger partial charge on any atom is -0.451 e. The summed E-state index contributed by atoms with van der Waals surface area (Å²) in [5, 5.41) is 10.4. The molecular weight excluding hydrogens is 592 g/mol. The van der Waals surface area contributed by atoms with Gasteiger partial charge in [-0.25, -0.2) is 0 Å². The SMILES string of the molecule is O=C(NC1(C(=O)N[C@H](Cc2ccccc2)C(=O)NCC2CCN(C3CCOCC3)CC2)CCCC1)c1cc2cc(Cl)ccc2o1. The number of carbonyl (C=O) groups excluding carboxylic acids is 3. The second-order valence-corrected chi connectivity index (χ2v) is 13.3. The summed E-state index contributed by atoms with van der Waals surface area (Å²) in [6.45, 7) is 4.34. The third-order valence-corrected chi connectivity index (χ3v) is 10.0. The van der Waals surface area contributed by atoms with Crippen molar-refractivity contribution >= 4 is 40.3 Å². The molecule has 3 fully saturated rings. The topological polar surface area (TPSA) is 113 Å². The van der Waals surface area contributed by atoms with Crippen LogP contribution in [0.1, 0.15) is 67.5 Å². The Hall–Kier alpha value is -3.40. The molecule has 1 atom stereocenters. The molecule has 3 amide bonds. The lowest BCUT2D eigenvalue weighted by atomic mass is 9.93.